The summed E-state index contributed by atoms with van der Waals surface area (Å²) in [6.45, 7) is 3.07. The Morgan fingerprint density at radius 2 is 1.67 bits per heavy atom. The quantitative estimate of drug-likeness (QED) is 0.678. The maximum absolute atomic E-state index is 13.3. The van der Waals surface area contributed by atoms with Crippen molar-refractivity contribution in [1.82, 2.24) is 10.2 Å². The summed E-state index contributed by atoms with van der Waals surface area (Å²) in [5.74, 6) is -0.324. The molecule has 0 radical (unpaired) electrons. The molecule has 2 aliphatic rings. The summed E-state index contributed by atoms with van der Waals surface area (Å²) in [4.78, 5) is 42.1. The number of nitrogens with one attached hydrogen (secondary N) is 1. The van der Waals surface area contributed by atoms with Gasteiger partial charge in [-0.3, -0.25) is 19.3 Å². The van der Waals surface area contributed by atoms with Gasteiger partial charge in [-0.25, -0.2) is 0 Å². The second-order valence-electron chi connectivity index (χ2n) is 7.81. The number of benzene rings is 2. The van der Waals surface area contributed by atoms with Gasteiger partial charge in [0.15, 0.2) is 0 Å². The Hall–Kier alpha value is -3.15. The first-order valence-corrected chi connectivity index (χ1v) is 10.7. The molecular weight excluding hydrogens is 378 g/mol. The zero-order valence-electron chi connectivity index (χ0n) is 17.3. The van der Waals surface area contributed by atoms with Crippen molar-refractivity contribution in [2.45, 2.75) is 45.2 Å². The average molecular weight is 405 g/mol. The Labute approximate surface area is 176 Å². The van der Waals surface area contributed by atoms with E-state index in [1.807, 2.05) is 30.3 Å². The Bertz CT molecular complexity index is 972. The molecule has 4 rings (SSSR count). The molecule has 30 heavy (non-hydrogen) atoms. The van der Waals surface area contributed by atoms with Crippen molar-refractivity contribution < 1.29 is 14.4 Å². The number of anilines is 1. The van der Waals surface area contributed by atoms with E-state index >= 15 is 0 Å². The topological polar surface area (TPSA) is 69.7 Å². The van der Waals surface area contributed by atoms with Crippen LogP contribution in [-0.2, 0) is 4.79 Å². The first-order valence-electron chi connectivity index (χ1n) is 10.7. The van der Waals surface area contributed by atoms with Crippen molar-refractivity contribution in [3.63, 3.8) is 0 Å². The number of rotatable bonds is 8. The molecule has 0 aromatic heterocycles. The fourth-order valence-electron chi connectivity index (χ4n) is 4.29. The predicted octanol–water partition coefficient (Wildman–Crippen LogP) is 3.89. The van der Waals surface area contributed by atoms with Crippen molar-refractivity contribution >= 4 is 23.4 Å². The SMILES string of the molecule is CCCCCCNC(=O)CCN1C(=O)c2ccccc2N2C(=O)c3ccccc3C12. The number of carbonyl (C=O) groups is 3. The van der Waals surface area contributed by atoms with Crippen LogP contribution in [0.25, 0.3) is 0 Å². The monoisotopic (exact) mass is 405 g/mol. The van der Waals surface area contributed by atoms with Crippen LogP contribution in [0.3, 0.4) is 0 Å². The molecule has 0 aliphatic carbocycles. The highest BCUT2D eigenvalue weighted by atomic mass is 16.2. The lowest BCUT2D eigenvalue weighted by molar-refractivity contribution is -0.121. The lowest BCUT2D eigenvalue weighted by Crippen LogP contribution is -2.49. The van der Waals surface area contributed by atoms with Crippen LogP contribution in [0, 0.1) is 0 Å². The smallest absolute Gasteiger partial charge is 0.260 e. The van der Waals surface area contributed by atoms with E-state index in [1.165, 1.54) is 6.42 Å². The number of hydrogen-bond donors (Lipinski definition) is 1. The number of nitrogens with zero attached hydrogens (tertiary/aromatic N) is 2. The maximum atomic E-state index is 13.3. The van der Waals surface area contributed by atoms with Gasteiger partial charge < -0.3 is 10.2 Å². The number of fused-ring (bicyclic) bond motifs is 5. The van der Waals surface area contributed by atoms with Gasteiger partial charge in [-0.05, 0) is 24.6 Å². The van der Waals surface area contributed by atoms with E-state index in [4.69, 9.17) is 0 Å². The van der Waals surface area contributed by atoms with Crippen LogP contribution in [0.1, 0.15) is 71.5 Å². The fourth-order valence-corrected chi connectivity index (χ4v) is 4.29. The molecule has 0 saturated heterocycles. The fraction of sp³-hybridized carbons (Fsp3) is 0.375. The Morgan fingerprint density at radius 3 is 2.47 bits per heavy atom. The summed E-state index contributed by atoms with van der Waals surface area (Å²) >= 11 is 0. The van der Waals surface area contributed by atoms with E-state index in [0.717, 1.165) is 24.8 Å². The lowest BCUT2D eigenvalue weighted by atomic mass is 10.0. The Kier molecular flexibility index (Phi) is 5.84. The van der Waals surface area contributed by atoms with E-state index in [2.05, 4.69) is 12.2 Å². The van der Waals surface area contributed by atoms with Gasteiger partial charge in [-0.2, -0.15) is 0 Å². The highest BCUT2D eigenvalue weighted by molar-refractivity contribution is 6.16. The molecule has 0 bridgehead atoms. The van der Waals surface area contributed by atoms with E-state index < -0.39 is 6.17 Å². The normalized spacial score (nSPS) is 16.9. The maximum Gasteiger partial charge on any atom is 0.260 e. The number of amides is 3. The van der Waals surface area contributed by atoms with Crippen LogP contribution in [0.15, 0.2) is 48.5 Å². The second-order valence-corrected chi connectivity index (χ2v) is 7.81. The molecule has 2 aromatic carbocycles. The summed E-state index contributed by atoms with van der Waals surface area (Å²) in [5, 5.41) is 2.95. The molecule has 3 amide bonds. The highest BCUT2D eigenvalue weighted by Gasteiger charge is 2.47. The van der Waals surface area contributed by atoms with E-state index in [-0.39, 0.29) is 30.7 Å². The molecule has 6 nitrogen and oxygen atoms in total. The average Bonchev–Trinajstić information content (AvgIpc) is 3.06. The van der Waals surface area contributed by atoms with Crippen molar-refractivity contribution in [3.05, 3.63) is 65.2 Å². The van der Waals surface area contributed by atoms with Gasteiger partial charge in [0, 0.05) is 30.6 Å². The van der Waals surface area contributed by atoms with Gasteiger partial charge in [-0.1, -0.05) is 56.5 Å². The van der Waals surface area contributed by atoms with Crippen LogP contribution in [0.5, 0.6) is 0 Å². The molecule has 0 fully saturated rings. The van der Waals surface area contributed by atoms with E-state index in [9.17, 15) is 14.4 Å². The summed E-state index contributed by atoms with van der Waals surface area (Å²) < 4.78 is 0. The summed E-state index contributed by atoms with van der Waals surface area (Å²) in [7, 11) is 0. The molecule has 1 atom stereocenters. The molecule has 2 aliphatic heterocycles. The van der Waals surface area contributed by atoms with Gasteiger partial charge in [0.2, 0.25) is 5.91 Å². The molecule has 0 saturated carbocycles. The zero-order valence-corrected chi connectivity index (χ0v) is 17.3. The summed E-state index contributed by atoms with van der Waals surface area (Å²) in [6.07, 6.45) is 4.10. The van der Waals surface area contributed by atoms with Crippen molar-refractivity contribution in [2.75, 3.05) is 18.0 Å². The Morgan fingerprint density at radius 1 is 0.933 bits per heavy atom. The molecule has 6 heteroatoms. The summed E-state index contributed by atoms with van der Waals surface area (Å²) in [5.41, 5.74) is 2.54. The molecule has 1 N–H and O–H groups in total. The van der Waals surface area contributed by atoms with Crippen molar-refractivity contribution in [2.24, 2.45) is 0 Å². The minimum atomic E-state index is -0.506. The number of unbranched alkanes of at least 4 members (excludes halogenated alkanes) is 3. The van der Waals surface area contributed by atoms with Crippen molar-refractivity contribution in [1.29, 1.82) is 0 Å². The minimum Gasteiger partial charge on any atom is -0.356 e. The van der Waals surface area contributed by atoms with E-state index in [0.29, 0.717) is 23.4 Å². The molecule has 0 spiro atoms. The molecule has 2 heterocycles. The zero-order chi connectivity index (χ0) is 21.1. The standard InChI is InChI=1S/C24H27N3O3/c1-2-3-4-9-15-25-21(28)14-16-26-22-17-10-5-6-11-18(17)24(30)27(22)20-13-8-7-12-19(20)23(26)29/h5-8,10-13,22H,2-4,9,14-16H2,1H3,(H,25,28). The first kappa shape index (κ1) is 20.1. The second kappa shape index (κ2) is 8.69. The van der Waals surface area contributed by atoms with Crippen LogP contribution in [0.2, 0.25) is 0 Å². The molecule has 156 valence electrons. The van der Waals surface area contributed by atoms with Gasteiger partial charge in [0.25, 0.3) is 11.8 Å². The van der Waals surface area contributed by atoms with Crippen LogP contribution >= 0.6 is 0 Å². The van der Waals surface area contributed by atoms with Crippen LogP contribution < -0.4 is 10.2 Å². The third-order valence-corrected chi connectivity index (χ3v) is 5.82. The van der Waals surface area contributed by atoms with Gasteiger partial charge in [0.1, 0.15) is 6.17 Å². The molecule has 2 aromatic rings. The van der Waals surface area contributed by atoms with Crippen LogP contribution in [-0.4, -0.2) is 35.7 Å². The van der Waals surface area contributed by atoms with Gasteiger partial charge in [0.05, 0.1) is 11.3 Å². The van der Waals surface area contributed by atoms with E-state index in [1.54, 1.807) is 28.0 Å². The third kappa shape index (κ3) is 3.58. The number of para-hydroxylation sites is 1. The molecular formula is C24H27N3O3. The van der Waals surface area contributed by atoms with Gasteiger partial charge in [-0.15, -0.1) is 0 Å². The number of carbonyl (C=O) groups excluding carboxylic acids is 3. The highest BCUT2D eigenvalue weighted by Crippen LogP contribution is 2.45. The first-order chi connectivity index (χ1) is 14.6. The number of hydrogen-bond acceptors (Lipinski definition) is 3. The van der Waals surface area contributed by atoms with Crippen molar-refractivity contribution in [3.8, 4) is 0 Å². The third-order valence-electron chi connectivity index (χ3n) is 5.82. The Balaban J connectivity index is 1.53. The molecule has 1 unspecified atom stereocenters. The summed E-state index contributed by atoms with van der Waals surface area (Å²) in [6, 6.07) is 14.6. The largest absolute Gasteiger partial charge is 0.356 e. The van der Waals surface area contributed by atoms with Gasteiger partial charge >= 0.3 is 0 Å². The minimum absolute atomic E-state index is 0.0673. The van der Waals surface area contributed by atoms with Crippen LogP contribution in [0.4, 0.5) is 5.69 Å². The predicted molar refractivity (Wildman–Crippen MR) is 115 cm³/mol. The lowest BCUT2D eigenvalue weighted by Gasteiger charge is -2.40.